The van der Waals surface area contributed by atoms with Crippen molar-refractivity contribution in [1.82, 2.24) is 4.98 Å². The lowest BCUT2D eigenvalue weighted by molar-refractivity contribution is 0.425. The number of hydrogen-bond acceptors (Lipinski definition) is 5. The number of nitriles is 1. The van der Waals surface area contributed by atoms with E-state index in [9.17, 15) is 0 Å². The first-order valence-electron chi connectivity index (χ1n) is 3.64. The van der Waals surface area contributed by atoms with Crippen LogP contribution in [-0.4, -0.2) is 22.2 Å². The minimum absolute atomic E-state index is 0.110. The Balaban J connectivity index is 3.20. The molecular weight excluding hydrogens is 169 g/mol. The quantitative estimate of drug-likeness (QED) is 0.457. The molecule has 5 nitrogen and oxygen atoms in total. The van der Waals surface area contributed by atoms with Crippen LogP contribution >= 0.6 is 0 Å². The molecule has 0 saturated carbocycles. The van der Waals surface area contributed by atoms with Gasteiger partial charge in [-0.25, -0.2) is 0 Å². The van der Waals surface area contributed by atoms with Gasteiger partial charge in [-0.2, -0.15) is 5.26 Å². The maximum atomic E-state index is 8.91. The zero-order valence-electron chi connectivity index (χ0n) is 6.81. The van der Waals surface area contributed by atoms with E-state index in [2.05, 4.69) is 4.98 Å². The average molecular weight is 177 g/mol. The average Bonchev–Trinajstić information content (AvgIpc) is 2.16. The van der Waals surface area contributed by atoms with Gasteiger partial charge in [0.15, 0.2) is 0 Å². The lowest BCUT2D eigenvalue weighted by Crippen LogP contribution is -2.35. The van der Waals surface area contributed by atoms with E-state index < -0.39 is 7.12 Å². The summed E-state index contributed by atoms with van der Waals surface area (Å²) in [6, 6.07) is 3.21. The lowest BCUT2D eigenvalue weighted by atomic mass is 9.78. The highest BCUT2D eigenvalue weighted by Gasteiger charge is 2.16. The standard InChI is InChI=1S/C7H8BN3O2/c9-2-5-1-6(8(12)13)7(3-10)11-4-5/h1,4,12-13H,3,10H2. The molecule has 1 aromatic heterocycles. The van der Waals surface area contributed by atoms with Gasteiger partial charge in [-0.1, -0.05) is 0 Å². The van der Waals surface area contributed by atoms with Gasteiger partial charge in [0, 0.05) is 18.2 Å². The largest absolute Gasteiger partial charge is 0.490 e. The highest BCUT2D eigenvalue weighted by atomic mass is 16.4. The molecule has 0 fully saturated rings. The maximum Gasteiger partial charge on any atom is 0.490 e. The van der Waals surface area contributed by atoms with E-state index in [1.165, 1.54) is 12.3 Å². The summed E-state index contributed by atoms with van der Waals surface area (Å²) in [4.78, 5) is 3.82. The molecule has 0 atom stereocenters. The van der Waals surface area contributed by atoms with Crippen LogP contribution in [0.2, 0.25) is 0 Å². The fourth-order valence-electron chi connectivity index (χ4n) is 0.965. The van der Waals surface area contributed by atoms with Crippen LogP contribution in [0, 0.1) is 11.3 Å². The lowest BCUT2D eigenvalue weighted by Gasteiger charge is -2.04. The molecule has 0 aliphatic rings. The smallest absolute Gasteiger partial charge is 0.423 e. The third kappa shape index (κ3) is 2.03. The van der Waals surface area contributed by atoms with Crippen molar-refractivity contribution in [3.05, 3.63) is 23.5 Å². The van der Waals surface area contributed by atoms with Crippen molar-refractivity contribution in [2.24, 2.45) is 5.73 Å². The van der Waals surface area contributed by atoms with E-state index in [4.69, 9.17) is 21.0 Å². The molecule has 0 unspecified atom stereocenters. The van der Waals surface area contributed by atoms with Crippen LogP contribution in [0.1, 0.15) is 11.3 Å². The Morgan fingerprint density at radius 2 is 2.31 bits per heavy atom. The van der Waals surface area contributed by atoms with E-state index in [1.54, 1.807) is 0 Å². The number of nitrogens with zero attached hydrogens (tertiary/aromatic N) is 2. The van der Waals surface area contributed by atoms with Crippen LogP contribution in [0.3, 0.4) is 0 Å². The molecule has 1 aromatic rings. The molecule has 4 N–H and O–H groups in total. The van der Waals surface area contributed by atoms with E-state index in [-0.39, 0.29) is 17.6 Å². The first-order chi connectivity index (χ1) is 6.19. The predicted octanol–water partition coefficient (Wildman–Crippen LogP) is -1.91. The molecule has 0 bridgehead atoms. The molecule has 1 rings (SSSR count). The maximum absolute atomic E-state index is 8.91. The highest BCUT2D eigenvalue weighted by Crippen LogP contribution is 1.96. The number of nitrogens with two attached hydrogens (primary N) is 1. The Hall–Kier alpha value is -1.42. The summed E-state index contributed by atoms with van der Waals surface area (Å²) in [5.74, 6) is 0. The SMILES string of the molecule is N#Cc1cnc(CN)c(B(O)O)c1. The van der Waals surface area contributed by atoms with E-state index in [0.717, 1.165) is 0 Å². The summed E-state index contributed by atoms with van der Waals surface area (Å²) in [6.07, 6.45) is 1.34. The number of pyridine rings is 1. The summed E-state index contributed by atoms with van der Waals surface area (Å²) in [5.41, 5.74) is 6.16. The molecule has 0 spiro atoms. The van der Waals surface area contributed by atoms with Crippen molar-refractivity contribution < 1.29 is 10.0 Å². The summed E-state index contributed by atoms with van der Waals surface area (Å²) in [7, 11) is -1.64. The van der Waals surface area contributed by atoms with Crippen LogP contribution < -0.4 is 11.2 Å². The minimum Gasteiger partial charge on any atom is -0.423 e. The summed E-state index contributed by atoms with van der Waals surface area (Å²) in [6.45, 7) is 0.110. The van der Waals surface area contributed by atoms with Gasteiger partial charge >= 0.3 is 7.12 Å². The van der Waals surface area contributed by atoms with Crippen LogP contribution in [-0.2, 0) is 6.54 Å². The third-order valence-electron chi connectivity index (χ3n) is 1.60. The number of hydrogen-bond donors (Lipinski definition) is 3. The molecule has 0 saturated heterocycles. The van der Waals surface area contributed by atoms with Gasteiger partial charge in [0.25, 0.3) is 0 Å². The van der Waals surface area contributed by atoms with Crippen LogP contribution in [0.4, 0.5) is 0 Å². The minimum atomic E-state index is -1.64. The summed E-state index contributed by atoms with van der Waals surface area (Å²) >= 11 is 0. The molecule has 0 amide bonds. The van der Waals surface area contributed by atoms with Gasteiger partial charge < -0.3 is 15.8 Å². The van der Waals surface area contributed by atoms with Crippen LogP contribution in [0.25, 0.3) is 0 Å². The molecular formula is C7H8BN3O2. The van der Waals surface area contributed by atoms with Gasteiger partial charge in [-0.15, -0.1) is 0 Å². The van der Waals surface area contributed by atoms with E-state index in [1.807, 2.05) is 6.07 Å². The first-order valence-corrected chi connectivity index (χ1v) is 3.64. The molecule has 6 heteroatoms. The normalized spacial score (nSPS) is 9.38. The van der Waals surface area contributed by atoms with Crippen molar-refractivity contribution in [2.45, 2.75) is 6.54 Å². The van der Waals surface area contributed by atoms with Crippen molar-refractivity contribution >= 4 is 12.6 Å². The molecule has 0 aromatic carbocycles. The Morgan fingerprint density at radius 1 is 1.62 bits per heavy atom. The second kappa shape index (κ2) is 4.00. The molecule has 13 heavy (non-hydrogen) atoms. The van der Waals surface area contributed by atoms with Gasteiger partial charge in [0.2, 0.25) is 0 Å². The Kier molecular flexibility index (Phi) is 2.98. The van der Waals surface area contributed by atoms with Gasteiger partial charge in [-0.05, 0) is 6.07 Å². The molecule has 1 heterocycles. The van der Waals surface area contributed by atoms with Gasteiger partial charge in [0.05, 0.1) is 11.3 Å². The van der Waals surface area contributed by atoms with Crippen molar-refractivity contribution in [1.29, 1.82) is 5.26 Å². The molecule has 0 radical (unpaired) electrons. The second-order valence-electron chi connectivity index (χ2n) is 2.45. The Bertz CT molecular complexity index is 348. The van der Waals surface area contributed by atoms with Crippen molar-refractivity contribution in [2.75, 3.05) is 0 Å². The number of rotatable bonds is 2. The third-order valence-corrected chi connectivity index (χ3v) is 1.60. The highest BCUT2D eigenvalue weighted by molar-refractivity contribution is 6.59. The van der Waals surface area contributed by atoms with E-state index in [0.29, 0.717) is 5.69 Å². The fraction of sp³-hybridized carbons (Fsp3) is 0.143. The predicted molar refractivity (Wildman–Crippen MR) is 46.7 cm³/mol. The van der Waals surface area contributed by atoms with Gasteiger partial charge in [0.1, 0.15) is 6.07 Å². The van der Waals surface area contributed by atoms with Crippen molar-refractivity contribution in [3.63, 3.8) is 0 Å². The molecule has 0 aliphatic carbocycles. The molecule has 0 aliphatic heterocycles. The van der Waals surface area contributed by atoms with Gasteiger partial charge in [-0.3, -0.25) is 4.98 Å². The zero-order valence-corrected chi connectivity index (χ0v) is 6.81. The van der Waals surface area contributed by atoms with Crippen molar-refractivity contribution in [3.8, 4) is 6.07 Å². The topological polar surface area (TPSA) is 103 Å². The molecule has 66 valence electrons. The first kappa shape index (κ1) is 9.67. The van der Waals surface area contributed by atoms with Crippen LogP contribution in [0.15, 0.2) is 12.3 Å². The Morgan fingerprint density at radius 3 is 2.77 bits per heavy atom. The second-order valence-corrected chi connectivity index (χ2v) is 2.45. The summed E-state index contributed by atoms with van der Waals surface area (Å²) in [5, 5.41) is 26.3. The Labute approximate surface area is 75.6 Å². The number of aromatic nitrogens is 1. The monoisotopic (exact) mass is 177 g/mol. The fourth-order valence-corrected chi connectivity index (χ4v) is 0.965. The van der Waals surface area contributed by atoms with Crippen LogP contribution in [0.5, 0.6) is 0 Å². The zero-order chi connectivity index (χ0) is 9.84. The van der Waals surface area contributed by atoms with E-state index >= 15 is 0 Å². The summed E-state index contributed by atoms with van der Waals surface area (Å²) < 4.78 is 0.